The predicted octanol–water partition coefficient (Wildman–Crippen LogP) is 3.97. The fourth-order valence-corrected chi connectivity index (χ4v) is 3.66. The molecule has 2 aliphatic rings. The number of hydrogen-bond acceptors (Lipinski definition) is 1. The van der Waals surface area contributed by atoms with Crippen LogP contribution in [0.1, 0.15) is 29.5 Å². The SMILES string of the molecule is N=C(Nc1cccc2c1CCCC2)N1CCc2ccccc21. The Morgan fingerprint density at radius 2 is 1.73 bits per heavy atom. The van der Waals surface area contributed by atoms with E-state index in [1.54, 1.807) is 0 Å². The van der Waals surface area contributed by atoms with Crippen molar-refractivity contribution < 1.29 is 0 Å². The summed E-state index contributed by atoms with van der Waals surface area (Å²) < 4.78 is 0. The van der Waals surface area contributed by atoms with Crippen molar-refractivity contribution >= 4 is 17.3 Å². The lowest BCUT2D eigenvalue weighted by Gasteiger charge is -2.24. The second-order valence-corrected chi connectivity index (χ2v) is 6.15. The molecule has 112 valence electrons. The second-order valence-electron chi connectivity index (χ2n) is 6.15. The van der Waals surface area contributed by atoms with Crippen LogP contribution in [0.4, 0.5) is 11.4 Å². The predicted molar refractivity (Wildman–Crippen MR) is 91.9 cm³/mol. The number of nitrogens with one attached hydrogen (secondary N) is 2. The Labute approximate surface area is 131 Å². The van der Waals surface area contributed by atoms with Crippen molar-refractivity contribution in [2.24, 2.45) is 0 Å². The van der Waals surface area contributed by atoms with Crippen molar-refractivity contribution in [1.82, 2.24) is 0 Å². The molecule has 0 amide bonds. The maximum atomic E-state index is 8.49. The minimum atomic E-state index is 0.490. The minimum absolute atomic E-state index is 0.490. The zero-order chi connectivity index (χ0) is 14.9. The van der Waals surface area contributed by atoms with E-state index in [-0.39, 0.29) is 0 Å². The van der Waals surface area contributed by atoms with E-state index in [0.717, 1.165) is 25.1 Å². The van der Waals surface area contributed by atoms with Gasteiger partial charge in [0.25, 0.3) is 0 Å². The van der Waals surface area contributed by atoms with Gasteiger partial charge in [-0.2, -0.15) is 0 Å². The molecular weight excluding hydrogens is 270 g/mol. The summed E-state index contributed by atoms with van der Waals surface area (Å²) in [6, 6.07) is 14.8. The number of benzene rings is 2. The first-order chi connectivity index (χ1) is 10.8. The minimum Gasteiger partial charge on any atom is -0.326 e. The van der Waals surface area contributed by atoms with Crippen molar-refractivity contribution in [3.05, 3.63) is 59.2 Å². The van der Waals surface area contributed by atoms with Gasteiger partial charge in [-0.25, -0.2) is 0 Å². The lowest BCUT2D eigenvalue weighted by molar-refractivity contribution is 0.687. The van der Waals surface area contributed by atoms with E-state index < -0.39 is 0 Å². The molecule has 0 radical (unpaired) electrons. The number of fused-ring (bicyclic) bond motifs is 2. The molecule has 3 nitrogen and oxygen atoms in total. The van der Waals surface area contributed by atoms with Gasteiger partial charge in [-0.15, -0.1) is 0 Å². The van der Waals surface area contributed by atoms with Gasteiger partial charge in [-0.1, -0.05) is 30.3 Å². The molecule has 0 bridgehead atoms. The first-order valence-corrected chi connectivity index (χ1v) is 8.15. The van der Waals surface area contributed by atoms with Gasteiger partial charge in [0.15, 0.2) is 5.96 Å². The van der Waals surface area contributed by atoms with Gasteiger partial charge in [-0.05, 0) is 60.9 Å². The van der Waals surface area contributed by atoms with Crippen LogP contribution < -0.4 is 10.2 Å². The van der Waals surface area contributed by atoms with Crippen LogP contribution in [-0.4, -0.2) is 12.5 Å². The highest BCUT2D eigenvalue weighted by molar-refractivity contribution is 6.05. The molecule has 0 saturated carbocycles. The highest BCUT2D eigenvalue weighted by Crippen LogP contribution is 2.30. The topological polar surface area (TPSA) is 39.1 Å². The molecule has 1 heterocycles. The number of para-hydroxylation sites is 1. The van der Waals surface area contributed by atoms with Gasteiger partial charge < -0.3 is 10.2 Å². The lowest BCUT2D eigenvalue weighted by Crippen LogP contribution is -2.34. The molecule has 22 heavy (non-hydrogen) atoms. The molecule has 2 aromatic rings. The molecule has 4 rings (SSSR count). The Bertz CT molecular complexity index is 720. The summed E-state index contributed by atoms with van der Waals surface area (Å²) in [5.41, 5.74) is 6.48. The fourth-order valence-electron chi connectivity index (χ4n) is 3.66. The van der Waals surface area contributed by atoms with Gasteiger partial charge in [0, 0.05) is 17.9 Å². The molecule has 0 spiro atoms. The van der Waals surface area contributed by atoms with Gasteiger partial charge in [0.05, 0.1) is 0 Å². The Hall–Kier alpha value is -2.29. The maximum Gasteiger partial charge on any atom is 0.200 e. The third-order valence-corrected chi connectivity index (χ3v) is 4.81. The van der Waals surface area contributed by atoms with Crippen molar-refractivity contribution in [2.45, 2.75) is 32.1 Å². The Balaban J connectivity index is 1.59. The van der Waals surface area contributed by atoms with E-state index in [2.05, 4.69) is 52.7 Å². The van der Waals surface area contributed by atoms with Crippen LogP contribution in [0.2, 0.25) is 0 Å². The van der Waals surface area contributed by atoms with Crippen LogP contribution in [0.5, 0.6) is 0 Å². The Morgan fingerprint density at radius 1 is 0.909 bits per heavy atom. The molecule has 0 atom stereocenters. The second kappa shape index (κ2) is 5.48. The largest absolute Gasteiger partial charge is 0.326 e. The van der Waals surface area contributed by atoms with Crippen molar-refractivity contribution in [3.63, 3.8) is 0 Å². The van der Waals surface area contributed by atoms with Gasteiger partial charge >= 0.3 is 0 Å². The standard InChI is InChI=1S/C19H21N3/c20-19(22-13-12-15-7-2-4-11-18(15)22)21-17-10-5-8-14-6-1-3-9-16(14)17/h2,4-5,7-8,10-11H,1,3,6,9,12-13H2,(H2,20,21). The molecule has 1 aliphatic heterocycles. The molecule has 3 heteroatoms. The van der Waals surface area contributed by atoms with Gasteiger partial charge in [0.2, 0.25) is 0 Å². The zero-order valence-corrected chi connectivity index (χ0v) is 12.7. The smallest absolute Gasteiger partial charge is 0.200 e. The van der Waals surface area contributed by atoms with E-state index in [4.69, 9.17) is 5.41 Å². The Morgan fingerprint density at radius 3 is 2.68 bits per heavy atom. The van der Waals surface area contributed by atoms with E-state index in [0.29, 0.717) is 5.96 Å². The van der Waals surface area contributed by atoms with Crippen LogP contribution >= 0.6 is 0 Å². The van der Waals surface area contributed by atoms with Crippen LogP contribution in [-0.2, 0) is 19.3 Å². The quantitative estimate of drug-likeness (QED) is 0.616. The van der Waals surface area contributed by atoms with Crippen LogP contribution in [0.3, 0.4) is 0 Å². The average Bonchev–Trinajstić information content (AvgIpc) is 2.99. The van der Waals surface area contributed by atoms with E-state index in [9.17, 15) is 0 Å². The van der Waals surface area contributed by atoms with Gasteiger partial charge in [0.1, 0.15) is 0 Å². The van der Waals surface area contributed by atoms with Crippen molar-refractivity contribution in [2.75, 3.05) is 16.8 Å². The molecule has 0 aromatic heterocycles. The average molecular weight is 291 g/mol. The van der Waals surface area contributed by atoms with Crippen LogP contribution in [0, 0.1) is 5.41 Å². The number of nitrogens with zero attached hydrogens (tertiary/aromatic N) is 1. The molecule has 0 unspecified atom stereocenters. The number of anilines is 2. The number of hydrogen-bond donors (Lipinski definition) is 2. The summed E-state index contributed by atoms with van der Waals surface area (Å²) in [5.74, 6) is 0.490. The van der Waals surface area contributed by atoms with Crippen molar-refractivity contribution in [1.29, 1.82) is 5.41 Å². The highest BCUT2D eigenvalue weighted by Gasteiger charge is 2.22. The summed E-state index contributed by atoms with van der Waals surface area (Å²) >= 11 is 0. The first-order valence-electron chi connectivity index (χ1n) is 8.15. The zero-order valence-electron chi connectivity index (χ0n) is 12.7. The summed E-state index contributed by atoms with van der Waals surface area (Å²) in [5, 5.41) is 11.8. The molecule has 0 saturated heterocycles. The summed E-state index contributed by atoms with van der Waals surface area (Å²) in [7, 11) is 0. The van der Waals surface area contributed by atoms with E-state index in [1.807, 2.05) is 0 Å². The van der Waals surface area contributed by atoms with Gasteiger partial charge in [-0.3, -0.25) is 5.41 Å². The number of aryl methyl sites for hydroxylation is 1. The molecule has 1 aliphatic carbocycles. The third-order valence-electron chi connectivity index (χ3n) is 4.81. The first kappa shape index (κ1) is 13.4. The number of guanidine groups is 1. The summed E-state index contributed by atoms with van der Waals surface area (Å²) in [4.78, 5) is 2.08. The monoisotopic (exact) mass is 291 g/mol. The molecule has 2 aromatic carbocycles. The third kappa shape index (κ3) is 2.27. The highest BCUT2D eigenvalue weighted by atomic mass is 15.3. The fraction of sp³-hybridized carbons (Fsp3) is 0.316. The van der Waals surface area contributed by atoms with E-state index in [1.165, 1.54) is 41.6 Å². The van der Waals surface area contributed by atoms with Crippen molar-refractivity contribution in [3.8, 4) is 0 Å². The summed E-state index contributed by atoms with van der Waals surface area (Å²) in [6.45, 7) is 0.889. The lowest BCUT2D eigenvalue weighted by atomic mass is 9.90. The number of rotatable bonds is 1. The molecule has 0 fully saturated rings. The van der Waals surface area contributed by atoms with E-state index >= 15 is 0 Å². The summed E-state index contributed by atoms with van der Waals surface area (Å²) in [6.07, 6.45) is 5.86. The molecular formula is C19H21N3. The Kier molecular flexibility index (Phi) is 3.34. The van der Waals surface area contributed by atoms with Crippen LogP contribution in [0.15, 0.2) is 42.5 Å². The van der Waals surface area contributed by atoms with Crippen LogP contribution in [0.25, 0.3) is 0 Å². The maximum absolute atomic E-state index is 8.49. The normalized spacial score (nSPS) is 16.1. The molecule has 2 N–H and O–H groups in total.